The van der Waals surface area contributed by atoms with Crippen molar-refractivity contribution in [2.24, 2.45) is 0 Å². The molecule has 206 valence electrons. The average molecular weight is 554 g/mol. The molecular formula is C27H32ClN7O4. The minimum Gasteiger partial charge on any atom is -0.383 e. The maximum Gasteiger partial charge on any atom is 0.247 e. The second kappa shape index (κ2) is 15.4. The lowest BCUT2D eigenvalue weighted by molar-refractivity contribution is -0.117. The van der Waals surface area contributed by atoms with Gasteiger partial charge in [0.15, 0.2) is 5.82 Å². The van der Waals surface area contributed by atoms with Crippen LogP contribution in [0.15, 0.2) is 67.4 Å². The average Bonchev–Trinajstić information content (AvgIpc) is 2.93. The molecule has 0 saturated heterocycles. The molecule has 3 rings (SSSR count). The van der Waals surface area contributed by atoms with Crippen LogP contribution in [0.1, 0.15) is 0 Å². The van der Waals surface area contributed by atoms with Crippen molar-refractivity contribution in [3.05, 3.63) is 72.4 Å². The van der Waals surface area contributed by atoms with Gasteiger partial charge in [0.2, 0.25) is 17.8 Å². The summed E-state index contributed by atoms with van der Waals surface area (Å²) in [5.74, 6) is 0.265. The summed E-state index contributed by atoms with van der Waals surface area (Å²) in [6, 6.07) is 14.3. The molecule has 2 aromatic carbocycles. The van der Waals surface area contributed by atoms with Crippen LogP contribution in [0.3, 0.4) is 0 Å². The molecule has 2 amide bonds. The van der Waals surface area contributed by atoms with Gasteiger partial charge in [-0.1, -0.05) is 24.2 Å². The van der Waals surface area contributed by atoms with Crippen LogP contribution < -0.4 is 21.3 Å². The molecule has 11 nitrogen and oxygen atoms in total. The van der Waals surface area contributed by atoms with Crippen molar-refractivity contribution in [1.82, 2.24) is 14.9 Å². The Morgan fingerprint density at radius 3 is 2.28 bits per heavy atom. The number of rotatable bonds is 15. The summed E-state index contributed by atoms with van der Waals surface area (Å²) in [6.45, 7) is 6.00. The van der Waals surface area contributed by atoms with Crippen molar-refractivity contribution in [3.63, 3.8) is 0 Å². The van der Waals surface area contributed by atoms with Crippen molar-refractivity contribution in [2.75, 3.05) is 68.3 Å². The summed E-state index contributed by atoms with van der Waals surface area (Å²) in [5, 5.41) is 12.2. The predicted molar refractivity (Wildman–Crippen MR) is 154 cm³/mol. The van der Waals surface area contributed by atoms with E-state index in [2.05, 4.69) is 37.8 Å². The molecule has 0 saturated carbocycles. The van der Waals surface area contributed by atoms with Crippen molar-refractivity contribution >= 4 is 57.9 Å². The molecule has 0 aliphatic rings. The Kier molecular flexibility index (Phi) is 11.7. The number of hydrogen-bond donors (Lipinski definition) is 4. The molecule has 39 heavy (non-hydrogen) atoms. The van der Waals surface area contributed by atoms with Gasteiger partial charge in [-0.3, -0.25) is 14.5 Å². The fourth-order valence-electron chi connectivity index (χ4n) is 3.40. The summed E-state index contributed by atoms with van der Waals surface area (Å²) < 4.78 is 10.2. The van der Waals surface area contributed by atoms with Gasteiger partial charge < -0.3 is 30.7 Å². The Morgan fingerprint density at radius 1 is 0.949 bits per heavy atom. The van der Waals surface area contributed by atoms with Gasteiger partial charge in [0.05, 0.1) is 26.0 Å². The summed E-state index contributed by atoms with van der Waals surface area (Å²) in [6.07, 6.45) is 2.68. The maximum absolute atomic E-state index is 12.5. The Labute approximate surface area is 232 Å². The third-order valence-corrected chi connectivity index (χ3v) is 5.61. The fourth-order valence-corrected chi connectivity index (χ4v) is 3.54. The largest absolute Gasteiger partial charge is 0.383 e. The van der Waals surface area contributed by atoms with Crippen LogP contribution in [0.4, 0.5) is 34.5 Å². The number of aromatic nitrogens is 2. The molecule has 0 aliphatic carbocycles. The lowest BCUT2D eigenvalue weighted by Crippen LogP contribution is -2.37. The van der Waals surface area contributed by atoms with Gasteiger partial charge in [-0.2, -0.15) is 4.98 Å². The minimum absolute atomic E-state index is 0.132. The van der Waals surface area contributed by atoms with E-state index < -0.39 is 0 Å². The lowest BCUT2D eigenvalue weighted by atomic mass is 10.2. The van der Waals surface area contributed by atoms with Gasteiger partial charge in [0.1, 0.15) is 5.02 Å². The molecule has 0 bridgehead atoms. The van der Waals surface area contributed by atoms with E-state index in [-0.39, 0.29) is 18.4 Å². The second-order valence-electron chi connectivity index (χ2n) is 8.30. The van der Waals surface area contributed by atoms with E-state index >= 15 is 0 Å². The Bertz CT molecular complexity index is 1250. The number of anilines is 6. The third-order valence-electron chi connectivity index (χ3n) is 5.34. The van der Waals surface area contributed by atoms with E-state index in [1.54, 1.807) is 56.7 Å². The monoisotopic (exact) mass is 553 g/mol. The second-order valence-corrected chi connectivity index (χ2v) is 8.71. The number of methoxy groups -OCH3 is 2. The number of amides is 2. The van der Waals surface area contributed by atoms with Crippen LogP contribution in [-0.4, -0.2) is 73.7 Å². The molecule has 1 aromatic heterocycles. The number of halogens is 1. The standard InChI is InChI=1S/C27H32ClN7O4/c1-4-24(36)31-21-6-5-7-22(16-21)32-26-23(28)17-29-27(34-26)33-20-10-8-19(9-11-20)30-25(37)18-35(12-14-38-2)13-15-39-3/h4-11,16-17H,1,12-15,18H2,2-3H3,(H,30,37)(H,31,36)(H2,29,32,33,34). The smallest absolute Gasteiger partial charge is 0.247 e. The molecule has 0 fully saturated rings. The molecule has 3 aromatic rings. The summed E-state index contributed by atoms with van der Waals surface area (Å²) in [5.41, 5.74) is 2.65. The minimum atomic E-state index is -0.310. The molecule has 0 aliphatic heterocycles. The van der Waals surface area contributed by atoms with E-state index in [9.17, 15) is 9.59 Å². The van der Waals surface area contributed by atoms with Gasteiger partial charge in [0.25, 0.3) is 0 Å². The molecule has 0 atom stereocenters. The SMILES string of the molecule is C=CC(=O)Nc1cccc(Nc2nc(Nc3ccc(NC(=O)CN(CCOC)CCOC)cc3)ncc2Cl)c1. The van der Waals surface area contributed by atoms with Crippen LogP contribution in [0.5, 0.6) is 0 Å². The highest BCUT2D eigenvalue weighted by atomic mass is 35.5. The molecule has 0 spiro atoms. The first kappa shape index (κ1) is 29.5. The number of ether oxygens (including phenoxy) is 2. The first-order valence-corrected chi connectivity index (χ1v) is 12.5. The molecule has 1 heterocycles. The molecule has 4 N–H and O–H groups in total. The van der Waals surface area contributed by atoms with E-state index in [1.807, 2.05) is 11.0 Å². The van der Waals surface area contributed by atoms with E-state index in [0.717, 1.165) is 5.69 Å². The van der Waals surface area contributed by atoms with Gasteiger partial charge in [-0.15, -0.1) is 0 Å². The number of carbonyl (C=O) groups excluding carboxylic acids is 2. The summed E-state index contributed by atoms with van der Waals surface area (Å²) >= 11 is 6.30. The molecule has 0 unspecified atom stereocenters. The summed E-state index contributed by atoms with van der Waals surface area (Å²) in [7, 11) is 3.26. The van der Waals surface area contributed by atoms with E-state index in [1.165, 1.54) is 12.3 Å². The zero-order valence-electron chi connectivity index (χ0n) is 21.9. The Balaban J connectivity index is 1.60. The molecule has 0 radical (unpaired) electrons. The van der Waals surface area contributed by atoms with Gasteiger partial charge in [-0.05, 0) is 48.5 Å². The van der Waals surface area contributed by atoms with Crippen LogP contribution in [0.25, 0.3) is 0 Å². The first-order valence-electron chi connectivity index (χ1n) is 12.1. The Hall–Kier alpha value is -4.03. The van der Waals surface area contributed by atoms with Crippen LogP contribution in [0.2, 0.25) is 5.02 Å². The van der Waals surface area contributed by atoms with Gasteiger partial charge >= 0.3 is 0 Å². The number of nitrogens with zero attached hydrogens (tertiary/aromatic N) is 3. The predicted octanol–water partition coefficient (Wildman–Crippen LogP) is 4.28. The topological polar surface area (TPSA) is 130 Å². The summed E-state index contributed by atoms with van der Waals surface area (Å²) in [4.78, 5) is 34.8. The van der Waals surface area contributed by atoms with Crippen LogP contribution >= 0.6 is 11.6 Å². The number of benzene rings is 2. The van der Waals surface area contributed by atoms with Crippen LogP contribution in [0, 0.1) is 0 Å². The van der Waals surface area contributed by atoms with Crippen molar-refractivity contribution in [2.45, 2.75) is 0 Å². The van der Waals surface area contributed by atoms with Crippen molar-refractivity contribution in [3.8, 4) is 0 Å². The highest BCUT2D eigenvalue weighted by Crippen LogP contribution is 2.26. The van der Waals surface area contributed by atoms with Gasteiger partial charge in [0, 0.05) is 50.1 Å². The van der Waals surface area contributed by atoms with Crippen molar-refractivity contribution < 1.29 is 19.1 Å². The molecular weight excluding hydrogens is 522 g/mol. The van der Waals surface area contributed by atoms with Crippen molar-refractivity contribution in [1.29, 1.82) is 0 Å². The number of nitrogens with one attached hydrogen (secondary N) is 4. The Morgan fingerprint density at radius 2 is 1.62 bits per heavy atom. The van der Waals surface area contributed by atoms with E-state index in [0.29, 0.717) is 60.2 Å². The maximum atomic E-state index is 12.5. The third kappa shape index (κ3) is 9.98. The quantitative estimate of drug-likeness (QED) is 0.204. The zero-order valence-corrected chi connectivity index (χ0v) is 22.6. The fraction of sp³-hybridized carbons (Fsp3) is 0.259. The normalized spacial score (nSPS) is 10.7. The zero-order chi connectivity index (χ0) is 28.0. The van der Waals surface area contributed by atoms with Crippen LogP contribution in [-0.2, 0) is 19.1 Å². The van der Waals surface area contributed by atoms with Gasteiger partial charge in [-0.25, -0.2) is 4.98 Å². The van der Waals surface area contributed by atoms with E-state index in [4.69, 9.17) is 21.1 Å². The highest BCUT2D eigenvalue weighted by molar-refractivity contribution is 6.32. The number of carbonyl (C=O) groups is 2. The number of hydrogen-bond acceptors (Lipinski definition) is 9. The first-order chi connectivity index (χ1) is 18.9. The molecule has 12 heteroatoms. The highest BCUT2D eigenvalue weighted by Gasteiger charge is 2.12. The lowest BCUT2D eigenvalue weighted by Gasteiger charge is -2.21.